The van der Waals surface area contributed by atoms with Crippen LogP contribution in [0.5, 0.6) is 5.75 Å². The number of rotatable bonds is 4. The van der Waals surface area contributed by atoms with Crippen molar-refractivity contribution >= 4 is 17.4 Å². The molecule has 1 heterocycles. The Morgan fingerprint density at radius 3 is 2.83 bits per heavy atom. The molecule has 2 aromatic rings. The number of hydrogen-bond acceptors (Lipinski definition) is 4. The molecule has 0 atom stereocenters. The fraction of sp³-hybridized carbons (Fsp3) is 0.250. The summed E-state index contributed by atoms with van der Waals surface area (Å²) >= 11 is 6.03. The average molecular weight is 266 g/mol. The minimum atomic E-state index is -0.0308. The first-order valence-electron chi connectivity index (χ1n) is 5.34. The van der Waals surface area contributed by atoms with Gasteiger partial charge in [-0.05, 0) is 25.1 Å². The van der Waals surface area contributed by atoms with E-state index in [0.717, 1.165) is 0 Å². The molecular weight excluding hydrogens is 254 g/mol. The van der Waals surface area contributed by atoms with Crippen molar-refractivity contribution in [2.45, 2.75) is 13.5 Å². The monoisotopic (exact) mass is 265 g/mol. The maximum absolute atomic E-state index is 11.2. The van der Waals surface area contributed by atoms with Crippen LogP contribution in [-0.2, 0) is 13.7 Å². The number of Topliss-reactive ketones (excluding diaryl/α,β-unsaturated/α-hetero) is 1. The third-order valence-electron chi connectivity index (χ3n) is 2.50. The first-order chi connectivity index (χ1) is 8.58. The lowest BCUT2D eigenvalue weighted by atomic mass is 10.1. The van der Waals surface area contributed by atoms with Gasteiger partial charge < -0.3 is 9.30 Å². The van der Waals surface area contributed by atoms with Crippen molar-refractivity contribution in [2.75, 3.05) is 0 Å². The molecule has 0 saturated heterocycles. The van der Waals surface area contributed by atoms with E-state index in [1.165, 1.54) is 6.92 Å². The van der Waals surface area contributed by atoms with Crippen LogP contribution in [0.1, 0.15) is 23.1 Å². The lowest BCUT2D eigenvalue weighted by Gasteiger charge is -2.08. The lowest BCUT2D eigenvalue weighted by molar-refractivity contribution is 0.101. The topological polar surface area (TPSA) is 57.0 Å². The van der Waals surface area contributed by atoms with Gasteiger partial charge in [0.05, 0.1) is 5.02 Å². The number of benzene rings is 1. The van der Waals surface area contributed by atoms with Gasteiger partial charge in [-0.3, -0.25) is 4.79 Å². The summed E-state index contributed by atoms with van der Waals surface area (Å²) in [5, 5.41) is 8.05. The highest BCUT2D eigenvalue weighted by molar-refractivity contribution is 6.32. The number of carbonyl (C=O) groups excluding carboxylic acids is 1. The molecule has 2 rings (SSSR count). The molecular formula is C12H12ClN3O2. The zero-order valence-corrected chi connectivity index (χ0v) is 10.8. The van der Waals surface area contributed by atoms with Crippen molar-refractivity contribution in [1.29, 1.82) is 0 Å². The van der Waals surface area contributed by atoms with Gasteiger partial charge in [0.25, 0.3) is 0 Å². The highest BCUT2D eigenvalue weighted by Crippen LogP contribution is 2.26. The standard InChI is InChI=1S/C12H12ClN3O2/c1-8(17)9-3-4-11(10(13)5-9)18-6-12-15-14-7-16(12)2/h3-5,7H,6H2,1-2H3. The van der Waals surface area contributed by atoms with Crippen LogP contribution >= 0.6 is 11.6 Å². The van der Waals surface area contributed by atoms with Gasteiger partial charge in [0.15, 0.2) is 11.6 Å². The van der Waals surface area contributed by atoms with E-state index >= 15 is 0 Å². The Balaban J connectivity index is 2.11. The first-order valence-corrected chi connectivity index (χ1v) is 5.72. The smallest absolute Gasteiger partial charge is 0.170 e. The van der Waals surface area contributed by atoms with E-state index in [2.05, 4.69) is 10.2 Å². The third kappa shape index (κ3) is 2.68. The van der Waals surface area contributed by atoms with Crippen LogP contribution in [0.25, 0.3) is 0 Å². The summed E-state index contributed by atoms with van der Waals surface area (Å²) in [5.74, 6) is 1.18. The molecule has 0 N–H and O–H groups in total. The van der Waals surface area contributed by atoms with Crippen LogP contribution in [0.4, 0.5) is 0 Å². The van der Waals surface area contributed by atoms with E-state index in [-0.39, 0.29) is 12.4 Å². The fourth-order valence-electron chi connectivity index (χ4n) is 1.42. The van der Waals surface area contributed by atoms with E-state index in [4.69, 9.17) is 16.3 Å². The predicted molar refractivity (Wildman–Crippen MR) is 66.8 cm³/mol. The fourth-order valence-corrected chi connectivity index (χ4v) is 1.65. The van der Waals surface area contributed by atoms with E-state index in [0.29, 0.717) is 22.2 Å². The van der Waals surface area contributed by atoms with Crippen molar-refractivity contribution in [3.63, 3.8) is 0 Å². The maximum Gasteiger partial charge on any atom is 0.170 e. The number of hydrogen-bond donors (Lipinski definition) is 0. The van der Waals surface area contributed by atoms with Gasteiger partial charge >= 0.3 is 0 Å². The first kappa shape index (κ1) is 12.6. The number of nitrogens with zero attached hydrogens (tertiary/aromatic N) is 3. The number of ketones is 1. The maximum atomic E-state index is 11.2. The number of aromatic nitrogens is 3. The van der Waals surface area contributed by atoms with Gasteiger partial charge in [0, 0.05) is 12.6 Å². The van der Waals surface area contributed by atoms with Crippen molar-refractivity contribution in [3.8, 4) is 5.75 Å². The van der Waals surface area contributed by atoms with E-state index < -0.39 is 0 Å². The quantitative estimate of drug-likeness (QED) is 0.796. The molecule has 0 aliphatic heterocycles. The molecule has 0 unspecified atom stereocenters. The minimum Gasteiger partial charge on any atom is -0.484 e. The third-order valence-corrected chi connectivity index (χ3v) is 2.80. The molecule has 0 bridgehead atoms. The Morgan fingerprint density at radius 1 is 1.50 bits per heavy atom. The highest BCUT2D eigenvalue weighted by atomic mass is 35.5. The Hall–Kier alpha value is -1.88. The Morgan fingerprint density at radius 2 is 2.28 bits per heavy atom. The SMILES string of the molecule is CC(=O)c1ccc(OCc2nncn2C)c(Cl)c1. The number of carbonyl (C=O) groups is 1. The second-order valence-corrected chi connectivity index (χ2v) is 4.26. The molecule has 1 aromatic heterocycles. The average Bonchev–Trinajstić information content (AvgIpc) is 2.73. The van der Waals surface area contributed by atoms with Crippen LogP contribution in [0.2, 0.25) is 5.02 Å². The zero-order chi connectivity index (χ0) is 13.1. The highest BCUT2D eigenvalue weighted by Gasteiger charge is 2.07. The largest absolute Gasteiger partial charge is 0.484 e. The summed E-state index contributed by atoms with van der Waals surface area (Å²) in [6.45, 7) is 1.77. The minimum absolute atomic E-state index is 0.0308. The van der Waals surface area contributed by atoms with Crippen LogP contribution in [0.15, 0.2) is 24.5 Å². The second-order valence-electron chi connectivity index (χ2n) is 3.85. The van der Waals surface area contributed by atoms with Gasteiger partial charge in [0.2, 0.25) is 0 Å². The summed E-state index contributed by atoms with van der Waals surface area (Å²) in [6.07, 6.45) is 1.60. The molecule has 94 valence electrons. The van der Waals surface area contributed by atoms with Crippen LogP contribution in [-0.4, -0.2) is 20.5 Å². The molecule has 5 nitrogen and oxygen atoms in total. The Labute approximate surface area is 109 Å². The van der Waals surface area contributed by atoms with Gasteiger partial charge in [-0.15, -0.1) is 10.2 Å². The van der Waals surface area contributed by atoms with Gasteiger partial charge in [0.1, 0.15) is 18.7 Å². The normalized spacial score (nSPS) is 10.4. The van der Waals surface area contributed by atoms with E-state index in [1.807, 2.05) is 7.05 Å². The van der Waals surface area contributed by atoms with Crippen molar-refractivity contribution in [3.05, 3.63) is 40.9 Å². The Bertz CT molecular complexity index is 580. The summed E-state index contributed by atoms with van der Waals surface area (Å²) in [6, 6.07) is 4.95. The Kier molecular flexibility index (Phi) is 3.62. The van der Waals surface area contributed by atoms with E-state index in [9.17, 15) is 4.79 Å². The predicted octanol–water partition coefficient (Wildman–Crippen LogP) is 2.25. The number of halogens is 1. The van der Waals surface area contributed by atoms with Crippen LogP contribution in [0, 0.1) is 0 Å². The molecule has 0 saturated carbocycles. The molecule has 0 spiro atoms. The van der Waals surface area contributed by atoms with Crippen molar-refractivity contribution in [2.24, 2.45) is 7.05 Å². The number of aryl methyl sites for hydroxylation is 1. The summed E-state index contributed by atoms with van der Waals surface area (Å²) in [7, 11) is 1.83. The molecule has 0 aliphatic carbocycles. The van der Waals surface area contributed by atoms with Gasteiger partial charge in [-0.1, -0.05) is 11.6 Å². The van der Waals surface area contributed by atoms with Crippen molar-refractivity contribution in [1.82, 2.24) is 14.8 Å². The van der Waals surface area contributed by atoms with Gasteiger partial charge in [-0.25, -0.2) is 0 Å². The molecule has 0 aliphatic rings. The summed E-state index contributed by atoms with van der Waals surface area (Å²) < 4.78 is 7.29. The summed E-state index contributed by atoms with van der Waals surface area (Å²) in [5.41, 5.74) is 0.561. The van der Waals surface area contributed by atoms with Crippen molar-refractivity contribution < 1.29 is 9.53 Å². The molecule has 0 fully saturated rings. The molecule has 0 radical (unpaired) electrons. The molecule has 18 heavy (non-hydrogen) atoms. The molecule has 6 heteroatoms. The van der Waals surface area contributed by atoms with Crippen LogP contribution in [0.3, 0.4) is 0 Å². The molecule has 0 amide bonds. The second kappa shape index (κ2) is 5.18. The van der Waals surface area contributed by atoms with E-state index in [1.54, 1.807) is 29.1 Å². The number of ether oxygens (including phenoxy) is 1. The summed E-state index contributed by atoms with van der Waals surface area (Å²) in [4.78, 5) is 11.2. The lowest BCUT2D eigenvalue weighted by Crippen LogP contribution is -2.03. The zero-order valence-electron chi connectivity index (χ0n) is 10.1. The van der Waals surface area contributed by atoms with Gasteiger partial charge in [-0.2, -0.15) is 0 Å². The molecule has 1 aromatic carbocycles. The van der Waals surface area contributed by atoms with Crippen LogP contribution < -0.4 is 4.74 Å².